The molecule has 1 N–H and O–H groups in total. The Labute approximate surface area is 146 Å². The molecule has 0 aliphatic carbocycles. The maximum absolute atomic E-state index is 12.1. The summed E-state index contributed by atoms with van der Waals surface area (Å²) in [5, 5.41) is 3.19. The summed E-state index contributed by atoms with van der Waals surface area (Å²) in [6.07, 6.45) is 6.96. The van der Waals surface area contributed by atoms with E-state index in [2.05, 4.69) is 60.8 Å². The van der Waals surface area contributed by atoms with Gasteiger partial charge < -0.3 is 5.32 Å². The number of nitrogens with one attached hydrogen (secondary N) is 1. The van der Waals surface area contributed by atoms with Gasteiger partial charge in [0, 0.05) is 12.5 Å². The van der Waals surface area contributed by atoms with Crippen LogP contribution >= 0.6 is 0 Å². The van der Waals surface area contributed by atoms with Crippen LogP contribution in [0.3, 0.4) is 0 Å². The molecule has 0 spiro atoms. The lowest BCUT2D eigenvalue weighted by Gasteiger charge is -2.19. The van der Waals surface area contributed by atoms with Crippen molar-refractivity contribution in [2.45, 2.75) is 44.6 Å². The fraction of sp³-hybridized carbons (Fsp3) is 0.318. The number of carbonyl (C=O) groups excluding carboxylic acids is 1. The molecule has 0 bridgehead atoms. The zero-order valence-electron chi connectivity index (χ0n) is 14.3. The molecule has 0 atom stereocenters. The highest BCUT2D eigenvalue weighted by Gasteiger charge is 2.12. The number of aryl methyl sites for hydroxylation is 2. The number of hydrogen-bond acceptors (Lipinski definition) is 1. The van der Waals surface area contributed by atoms with Gasteiger partial charge in [0.25, 0.3) is 0 Å². The van der Waals surface area contributed by atoms with E-state index in [1.807, 2.05) is 18.6 Å². The van der Waals surface area contributed by atoms with Gasteiger partial charge in [-0.05, 0) is 49.7 Å². The SMILES string of the molecule is [CH2]C[CH]CC(=O)NC(CCc1ccccc1)CCc1ccccc1. The van der Waals surface area contributed by atoms with Crippen molar-refractivity contribution in [3.8, 4) is 0 Å². The summed E-state index contributed by atoms with van der Waals surface area (Å²) < 4.78 is 0. The Morgan fingerprint density at radius 3 is 1.88 bits per heavy atom. The van der Waals surface area contributed by atoms with Gasteiger partial charge in [0.1, 0.15) is 0 Å². The number of carbonyl (C=O) groups is 1. The van der Waals surface area contributed by atoms with Gasteiger partial charge in [0.15, 0.2) is 0 Å². The van der Waals surface area contributed by atoms with Crippen LogP contribution in [0.2, 0.25) is 0 Å². The predicted octanol–water partition coefficient (Wildman–Crippen LogP) is 4.56. The lowest BCUT2D eigenvalue weighted by molar-refractivity contribution is -0.121. The first kappa shape index (κ1) is 18.3. The minimum absolute atomic E-state index is 0.102. The van der Waals surface area contributed by atoms with Gasteiger partial charge >= 0.3 is 0 Å². The van der Waals surface area contributed by atoms with Gasteiger partial charge in [0.05, 0.1) is 0 Å². The largest absolute Gasteiger partial charge is 0.353 e. The zero-order chi connectivity index (χ0) is 17.0. The Hall–Kier alpha value is -2.09. The lowest BCUT2D eigenvalue weighted by Crippen LogP contribution is -2.35. The van der Waals surface area contributed by atoms with E-state index in [1.165, 1.54) is 11.1 Å². The Morgan fingerprint density at radius 2 is 1.42 bits per heavy atom. The summed E-state index contributed by atoms with van der Waals surface area (Å²) in [6, 6.07) is 21.1. The minimum Gasteiger partial charge on any atom is -0.353 e. The molecule has 2 heteroatoms. The van der Waals surface area contributed by atoms with Crippen LogP contribution in [0.1, 0.15) is 36.8 Å². The van der Waals surface area contributed by atoms with Crippen molar-refractivity contribution in [2.24, 2.45) is 0 Å². The van der Waals surface area contributed by atoms with Crippen LogP contribution in [-0.2, 0) is 17.6 Å². The lowest BCUT2D eigenvalue weighted by atomic mass is 9.99. The van der Waals surface area contributed by atoms with Crippen molar-refractivity contribution in [3.05, 3.63) is 85.1 Å². The zero-order valence-corrected chi connectivity index (χ0v) is 14.3. The highest BCUT2D eigenvalue weighted by atomic mass is 16.1. The molecule has 1 amide bonds. The van der Waals surface area contributed by atoms with E-state index in [0.29, 0.717) is 12.8 Å². The molecule has 2 radical (unpaired) electrons. The molecular weight excluding hydrogens is 294 g/mol. The number of benzene rings is 2. The first-order valence-electron chi connectivity index (χ1n) is 8.76. The van der Waals surface area contributed by atoms with Gasteiger partial charge in [-0.2, -0.15) is 0 Å². The summed E-state index contributed by atoms with van der Waals surface area (Å²) in [5.74, 6) is 0.102. The smallest absolute Gasteiger partial charge is 0.220 e. The van der Waals surface area contributed by atoms with Crippen LogP contribution in [0.15, 0.2) is 60.7 Å². The standard InChI is InChI=1S/C22H27NO/c1-2-3-14-22(24)23-21(17-15-19-10-6-4-7-11-19)18-16-20-12-8-5-9-13-20/h3-13,21H,1-2,14-18H2,(H,23,24). The normalized spacial score (nSPS) is 10.8. The van der Waals surface area contributed by atoms with Crippen LogP contribution in [0.25, 0.3) is 0 Å². The number of unbranched alkanes of at least 4 members (excludes halogenated alkanes) is 1. The minimum atomic E-state index is 0.102. The molecular formula is C22H27NO. The maximum atomic E-state index is 12.1. The van der Waals surface area contributed by atoms with Gasteiger partial charge in [-0.3, -0.25) is 4.79 Å². The molecule has 0 fully saturated rings. The monoisotopic (exact) mass is 321 g/mol. The Balaban J connectivity index is 1.88. The fourth-order valence-corrected chi connectivity index (χ4v) is 2.78. The molecule has 0 unspecified atom stereocenters. The fourth-order valence-electron chi connectivity index (χ4n) is 2.78. The van der Waals surface area contributed by atoms with Crippen LogP contribution in [0, 0.1) is 13.3 Å². The molecule has 2 nitrogen and oxygen atoms in total. The van der Waals surface area contributed by atoms with Crippen LogP contribution in [0.5, 0.6) is 0 Å². The van der Waals surface area contributed by atoms with E-state index in [4.69, 9.17) is 0 Å². The summed E-state index contributed by atoms with van der Waals surface area (Å²) >= 11 is 0. The second kappa shape index (κ2) is 10.6. The Kier molecular flexibility index (Phi) is 8.09. The molecule has 0 aromatic heterocycles. The van der Waals surface area contributed by atoms with Crippen molar-refractivity contribution < 1.29 is 4.79 Å². The van der Waals surface area contributed by atoms with Crippen molar-refractivity contribution in [1.82, 2.24) is 5.32 Å². The third-order valence-electron chi connectivity index (χ3n) is 4.15. The summed E-state index contributed by atoms with van der Waals surface area (Å²) in [7, 11) is 0. The maximum Gasteiger partial charge on any atom is 0.220 e. The van der Waals surface area contributed by atoms with Crippen molar-refractivity contribution in [2.75, 3.05) is 0 Å². The average Bonchev–Trinajstić information content (AvgIpc) is 2.64. The third-order valence-corrected chi connectivity index (χ3v) is 4.15. The van der Waals surface area contributed by atoms with E-state index in [0.717, 1.165) is 25.7 Å². The third kappa shape index (κ3) is 6.99. The topological polar surface area (TPSA) is 29.1 Å². The summed E-state index contributed by atoms with van der Waals surface area (Å²) in [6.45, 7) is 3.75. The first-order chi connectivity index (χ1) is 11.8. The molecule has 0 saturated heterocycles. The average molecular weight is 321 g/mol. The number of hydrogen-bond donors (Lipinski definition) is 1. The highest BCUT2D eigenvalue weighted by molar-refractivity contribution is 5.77. The second-order valence-electron chi connectivity index (χ2n) is 6.09. The highest BCUT2D eigenvalue weighted by Crippen LogP contribution is 2.11. The van der Waals surface area contributed by atoms with Crippen molar-refractivity contribution in [1.29, 1.82) is 0 Å². The van der Waals surface area contributed by atoms with Gasteiger partial charge in [-0.25, -0.2) is 0 Å². The van der Waals surface area contributed by atoms with E-state index < -0.39 is 0 Å². The summed E-state index contributed by atoms with van der Waals surface area (Å²) in [4.78, 5) is 12.1. The molecule has 24 heavy (non-hydrogen) atoms. The number of amides is 1. The molecule has 0 saturated carbocycles. The van der Waals surface area contributed by atoms with Crippen LogP contribution in [0.4, 0.5) is 0 Å². The quantitative estimate of drug-likeness (QED) is 0.683. The molecule has 0 heterocycles. The molecule has 2 rings (SSSR count). The van der Waals surface area contributed by atoms with Crippen LogP contribution < -0.4 is 5.32 Å². The number of rotatable bonds is 10. The molecule has 126 valence electrons. The van der Waals surface area contributed by atoms with E-state index in [1.54, 1.807) is 0 Å². The van der Waals surface area contributed by atoms with E-state index in [-0.39, 0.29) is 11.9 Å². The van der Waals surface area contributed by atoms with Gasteiger partial charge in [0.2, 0.25) is 5.91 Å². The van der Waals surface area contributed by atoms with Crippen molar-refractivity contribution >= 4 is 5.91 Å². The van der Waals surface area contributed by atoms with Gasteiger partial charge in [-0.15, -0.1) is 0 Å². The van der Waals surface area contributed by atoms with Crippen molar-refractivity contribution in [3.63, 3.8) is 0 Å². The molecule has 2 aromatic rings. The second-order valence-corrected chi connectivity index (χ2v) is 6.09. The molecule has 0 aliphatic rings. The van der Waals surface area contributed by atoms with Crippen LogP contribution in [-0.4, -0.2) is 11.9 Å². The predicted molar refractivity (Wildman–Crippen MR) is 100 cm³/mol. The molecule has 2 aromatic carbocycles. The Bertz CT molecular complexity index is 536. The van der Waals surface area contributed by atoms with Gasteiger partial charge in [-0.1, -0.05) is 67.6 Å². The molecule has 0 aliphatic heterocycles. The first-order valence-corrected chi connectivity index (χ1v) is 8.76. The van der Waals surface area contributed by atoms with E-state index in [9.17, 15) is 4.79 Å². The summed E-state index contributed by atoms with van der Waals surface area (Å²) in [5.41, 5.74) is 2.64. The van der Waals surface area contributed by atoms with E-state index >= 15 is 0 Å². The Morgan fingerprint density at radius 1 is 0.917 bits per heavy atom.